The summed E-state index contributed by atoms with van der Waals surface area (Å²) in [7, 11) is 1.43. The molecule has 0 saturated carbocycles. The van der Waals surface area contributed by atoms with Crippen LogP contribution in [0.25, 0.3) is 0 Å². The van der Waals surface area contributed by atoms with Crippen molar-refractivity contribution >= 4 is 0 Å². The predicted octanol–water partition coefficient (Wildman–Crippen LogP) is 2.75. The zero-order valence-electron chi connectivity index (χ0n) is 18.9. The van der Waals surface area contributed by atoms with Gasteiger partial charge in [-0.3, -0.25) is 0 Å². The highest BCUT2D eigenvalue weighted by atomic mass is 16.7. The number of methoxy groups -OCH3 is 1. The molecule has 2 aliphatic rings. The van der Waals surface area contributed by atoms with Crippen molar-refractivity contribution in [3.8, 4) is 5.75 Å². The quantitative estimate of drug-likeness (QED) is 0.539. The predicted molar refractivity (Wildman–Crippen MR) is 112 cm³/mol. The van der Waals surface area contributed by atoms with E-state index >= 15 is 0 Å². The molecule has 3 rings (SSSR count). The first-order valence-corrected chi connectivity index (χ1v) is 10.1. The minimum Gasteiger partial charge on any atom is -0.496 e. The summed E-state index contributed by atoms with van der Waals surface area (Å²) < 4.78 is 22.4. The molecule has 2 N–H and O–H groups in total. The van der Waals surface area contributed by atoms with E-state index in [-0.39, 0.29) is 23.6 Å². The molecule has 3 heterocycles. The Balaban J connectivity index is 1.88. The number of fused-ring (bicyclic) bond motifs is 1. The third kappa shape index (κ3) is 3.64. The van der Waals surface area contributed by atoms with E-state index < -0.39 is 22.9 Å². The minimum atomic E-state index is -1.83. The van der Waals surface area contributed by atoms with E-state index in [2.05, 4.69) is 0 Å². The van der Waals surface area contributed by atoms with Gasteiger partial charge in [-0.1, -0.05) is 11.6 Å². The molecule has 166 valence electrons. The fraction of sp³-hybridized carbons (Fsp3) is 0.609. The van der Waals surface area contributed by atoms with E-state index in [0.29, 0.717) is 16.9 Å². The Hall–Kier alpha value is -1.93. The maximum absolute atomic E-state index is 11.9. The second kappa shape index (κ2) is 7.34. The first-order chi connectivity index (χ1) is 13.8. The number of aliphatic hydroxyl groups is 2. The molecule has 0 bridgehead atoms. The molecule has 2 aliphatic heterocycles. The summed E-state index contributed by atoms with van der Waals surface area (Å²) in [6, 6.07) is 1.20. The highest BCUT2D eigenvalue weighted by Gasteiger charge is 2.71. The molecule has 2 saturated heterocycles. The van der Waals surface area contributed by atoms with Gasteiger partial charge in [0.2, 0.25) is 0 Å². The highest BCUT2D eigenvalue weighted by molar-refractivity contribution is 5.38. The number of rotatable bonds is 6. The smallest absolute Gasteiger partial charge is 0.339 e. The molecular formula is C23H32O7. The molecule has 0 aromatic carbocycles. The minimum absolute atomic E-state index is 0.00751. The number of aliphatic hydroxyl groups excluding tert-OH is 1. The summed E-state index contributed by atoms with van der Waals surface area (Å²) in [6.07, 6.45) is 2.43. The van der Waals surface area contributed by atoms with Crippen molar-refractivity contribution < 1.29 is 28.8 Å². The van der Waals surface area contributed by atoms with Crippen LogP contribution >= 0.6 is 0 Å². The van der Waals surface area contributed by atoms with Crippen LogP contribution in [0.3, 0.4) is 0 Å². The third-order valence-corrected chi connectivity index (χ3v) is 6.37. The lowest BCUT2D eigenvalue weighted by Crippen LogP contribution is -2.38. The van der Waals surface area contributed by atoms with E-state index in [4.69, 9.17) is 18.6 Å². The fourth-order valence-electron chi connectivity index (χ4n) is 4.61. The van der Waals surface area contributed by atoms with E-state index in [1.54, 1.807) is 19.9 Å². The van der Waals surface area contributed by atoms with Gasteiger partial charge >= 0.3 is 5.63 Å². The van der Waals surface area contributed by atoms with Gasteiger partial charge in [0.1, 0.15) is 40.5 Å². The van der Waals surface area contributed by atoms with Crippen LogP contribution in [0.15, 0.2) is 38.6 Å². The lowest BCUT2D eigenvalue weighted by atomic mass is 9.87. The van der Waals surface area contributed by atoms with Crippen LogP contribution < -0.4 is 10.4 Å². The Morgan fingerprint density at radius 1 is 1.33 bits per heavy atom. The summed E-state index contributed by atoms with van der Waals surface area (Å²) in [5.74, 6) is 0.259. The average molecular weight is 421 g/mol. The molecule has 7 nitrogen and oxygen atoms in total. The Labute approximate surface area is 177 Å². The molecule has 0 radical (unpaired) electrons. The number of epoxide rings is 1. The van der Waals surface area contributed by atoms with E-state index in [9.17, 15) is 15.0 Å². The Morgan fingerprint density at radius 3 is 2.47 bits per heavy atom. The zero-order valence-corrected chi connectivity index (χ0v) is 18.9. The summed E-state index contributed by atoms with van der Waals surface area (Å²) in [4.78, 5) is 11.9. The lowest BCUT2D eigenvalue weighted by Gasteiger charge is -2.30. The topological polar surface area (TPSA) is 102 Å². The summed E-state index contributed by atoms with van der Waals surface area (Å²) in [6.45, 7) is 12.7. The van der Waals surface area contributed by atoms with Crippen LogP contribution in [0.1, 0.15) is 52.9 Å². The summed E-state index contributed by atoms with van der Waals surface area (Å²) in [5.41, 5.74) is -1.49. The number of hydrogen-bond acceptors (Lipinski definition) is 7. The van der Waals surface area contributed by atoms with Crippen molar-refractivity contribution in [2.45, 2.75) is 83.6 Å². The largest absolute Gasteiger partial charge is 0.496 e. The van der Waals surface area contributed by atoms with Crippen molar-refractivity contribution in [2.75, 3.05) is 7.11 Å². The van der Waals surface area contributed by atoms with Crippen molar-refractivity contribution in [1.29, 1.82) is 0 Å². The molecule has 1 aromatic heterocycles. The SMILES string of the molecule is COc1cc(=O)oc(C(C)(O)C(O)/C(C)=C/C(C)=C/C2(C)OC(C)C3(C)OC23)c1C. The van der Waals surface area contributed by atoms with Crippen LogP contribution in [-0.4, -0.2) is 46.8 Å². The molecule has 6 unspecified atom stereocenters. The van der Waals surface area contributed by atoms with Crippen molar-refractivity contribution in [3.05, 3.63) is 51.1 Å². The van der Waals surface area contributed by atoms with Crippen LogP contribution in [0, 0.1) is 6.92 Å². The van der Waals surface area contributed by atoms with Gasteiger partial charge in [-0.25, -0.2) is 4.79 Å². The molecule has 6 atom stereocenters. The van der Waals surface area contributed by atoms with Crippen LogP contribution in [0.2, 0.25) is 0 Å². The Bertz CT molecular complexity index is 957. The van der Waals surface area contributed by atoms with Crippen LogP contribution in [0.5, 0.6) is 5.75 Å². The maximum Gasteiger partial charge on any atom is 0.339 e. The average Bonchev–Trinajstić information content (AvgIpc) is 3.32. The van der Waals surface area contributed by atoms with Crippen molar-refractivity contribution in [3.63, 3.8) is 0 Å². The molecule has 30 heavy (non-hydrogen) atoms. The van der Waals surface area contributed by atoms with E-state index in [1.807, 2.05) is 33.8 Å². The molecule has 0 aliphatic carbocycles. The van der Waals surface area contributed by atoms with Crippen molar-refractivity contribution in [2.24, 2.45) is 0 Å². The fourth-order valence-corrected chi connectivity index (χ4v) is 4.61. The van der Waals surface area contributed by atoms with Gasteiger partial charge in [0.25, 0.3) is 0 Å². The number of allylic oxidation sites excluding steroid dienone is 2. The van der Waals surface area contributed by atoms with Gasteiger partial charge in [0.15, 0.2) is 0 Å². The number of ether oxygens (including phenoxy) is 3. The first kappa shape index (κ1) is 22.7. The van der Waals surface area contributed by atoms with Crippen molar-refractivity contribution in [1.82, 2.24) is 0 Å². The van der Waals surface area contributed by atoms with Gasteiger partial charge in [-0.2, -0.15) is 0 Å². The van der Waals surface area contributed by atoms with Crippen LogP contribution in [0.4, 0.5) is 0 Å². The summed E-state index contributed by atoms with van der Waals surface area (Å²) >= 11 is 0. The van der Waals surface area contributed by atoms with Gasteiger partial charge in [0.05, 0.1) is 19.3 Å². The Morgan fingerprint density at radius 2 is 1.97 bits per heavy atom. The normalized spacial score (nSPS) is 34.3. The monoisotopic (exact) mass is 420 g/mol. The second-order valence-corrected chi connectivity index (χ2v) is 9.04. The van der Waals surface area contributed by atoms with E-state index in [1.165, 1.54) is 20.1 Å². The number of hydrogen-bond donors (Lipinski definition) is 2. The van der Waals surface area contributed by atoms with Crippen LogP contribution in [-0.2, 0) is 15.1 Å². The lowest BCUT2D eigenvalue weighted by molar-refractivity contribution is -0.0720. The highest BCUT2D eigenvalue weighted by Crippen LogP contribution is 2.55. The molecule has 0 amide bonds. The molecule has 1 aromatic rings. The first-order valence-electron chi connectivity index (χ1n) is 10.1. The Kier molecular flexibility index (Phi) is 5.56. The molecule has 7 heteroatoms. The van der Waals surface area contributed by atoms with Gasteiger partial charge in [0, 0.05) is 5.56 Å². The van der Waals surface area contributed by atoms with E-state index in [0.717, 1.165) is 5.57 Å². The van der Waals surface area contributed by atoms with Gasteiger partial charge < -0.3 is 28.8 Å². The third-order valence-electron chi connectivity index (χ3n) is 6.37. The molecular weight excluding hydrogens is 388 g/mol. The molecule has 2 fully saturated rings. The summed E-state index contributed by atoms with van der Waals surface area (Å²) in [5, 5.41) is 22.0. The van der Waals surface area contributed by atoms with Gasteiger partial charge in [-0.15, -0.1) is 0 Å². The maximum atomic E-state index is 11.9. The standard InChI is InChI=1S/C23H32O7/c1-12(11-21(5)20-23(7,30-20)15(4)29-21)9-13(2)18(25)22(6,26)19-14(3)16(27-8)10-17(24)28-19/h9-11,15,18,20,25-26H,1-8H3/b12-11+,13-9+. The zero-order chi connectivity index (χ0) is 22.6. The van der Waals surface area contributed by atoms with Gasteiger partial charge in [-0.05, 0) is 60.1 Å². The molecule has 0 spiro atoms. The second-order valence-electron chi connectivity index (χ2n) is 9.04.